The van der Waals surface area contributed by atoms with Gasteiger partial charge < -0.3 is 32.6 Å². The number of nitriles is 2. The molecule has 1 aliphatic heterocycles. The summed E-state index contributed by atoms with van der Waals surface area (Å²) in [4.78, 5) is 0. The summed E-state index contributed by atoms with van der Waals surface area (Å²) in [6, 6.07) is 105. The first-order valence-electron chi connectivity index (χ1n) is 34.6. The zero-order valence-corrected chi connectivity index (χ0v) is 59.1. The fraction of sp³-hybridized carbons (Fsp3) is 0.0652. The second-order valence-corrected chi connectivity index (χ2v) is 27.8. The number of furan rings is 3. The van der Waals surface area contributed by atoms with Crippen molar-refractivity contribution in [3.8, 4) is 101 Å². The molecule has 3 aromatic heterocycles. The maximum Gasteiger partial charge on any atom is 0.495 e. The van der Waals surface area contributed by atoms with Crippen LogP contribution in [-0.4, -0.2) is 35.5 Å². The van der Waals surface area contributed by atoms with Crippen molar-refractivity contribution in [1.29, 1.82) is 10.5 Å². The molecule has 4 heterocycles. The van der Waals surface area contributed by atoms with Crippen molar-refractivity contribution in [2.75, 3.05) is 0 Å². The predicted molar refractivity (Wildman–Crippen MR) is 430 cm³/mol. The molecule has 504 valence electrons. The van der Waals surface area contributed by atoms with Crippen LogP contribution in [0.15, 0.2) is 317 Å². The Bertz CT molecular complexity index is 6230. The first-order valence-corrected chi connectivity index (χ1v) is 35.3. The molecule has 0 unspecified atom stereocenters. The number of benzene rings is 14. The minimum absolute atomic E-state index is 0.292. The van der Waals surface area contributed by atoms with E-state index in [2.05, 4.69) is 149 Å². The van der Waals surface area contributed by atoms with Crippen LogP contribution >= 0.6 is 23.2 Å². The van der Waals surface area contributed by atoms with E-state index in [4.69, 9.17) is 45.8 Å². The Morgan fingerprint density at radius 3 is 1.01 bits per heavy atom. The van der Waals surface area contributed by atoms with E-state index in [9.17, 15) is 20.6 Å². The van der Waals surface area contributed by atoms with Crippen molar-refractivity contribution in [3.63, 3.8) is 0 Å². The molecular formula is C92H64B2Cl2N2O7. The van der Waals surface area contributed by atoms with Crippen molar-refractivity contribution in [3.05, 3.63) is 324 Å². The van der Waals surface area contributed by atoms with Crippen LogP contribution in [0.1, 0.15) is 38.8 Å². The minimum Gasteiger partial charge on any atom is -0.456 e. The topological polar surface area (TPSA) is 146 Å². The first kappa shape index (κ1) is 67.5. The largest absolute Gasteiger partial charge is 0.495 e. The zero-order chi connectivity index (χ0) is 72.1. The maximum absolute atomic E-state index is 9.97. The second kappa shape index (κ2) is 28.0. The van der Waals surface area contributed by atoms with Crippen LogP contribution in [0.3, 0.4) is 0 Å². The molecule has 0 bridgehead atoms. The molecule has 13 heteroatoms. The van der Waals surface area contributed by atoms with Crippen LogP contribution < -0.4 is 10.9 Å². The lowest BCUT2D eigenvalue weighted by Gasteiger charge is -2.32. The normalized spacial score (nSPS) is 13.0. The number of hydrogen-bond acceptors (Lipinski definition) is 9. The van der Waals surface area contributed by atoms with Crippen LogP contribution in [0, 0.1) is 22.7 Å². The molecule has 1 saturated heterocycles. The Balaban J connectivity index is 0.000000123. The van der Waals surface area contributed by atoms with Gasteiger partial charge in [-0.2, -0.15) is 10.5 Å². The van der Waals surface area contributed by atoms with Gasteiger partial charge in [0.05, 0.1) is 44.5 Å². The number of hydrogen-bond donors (Lipinski definition) is 2. The second-order valence-electron chi connectivity index (χ2n) is 27.0. The highest BCUT2D eigenvalue weighted by Crippen LogP contribution is 2.48. The van der Waals surface area contributed by atoms with Crippen molar-refractivity contribution in [2.45, 2.75) is 38.9 Å². The summed E-state index contributed by atoms with van der Waals surface area (Å²) in [5.74, 6) is 0. The quantitative estimate of drug-likeness (QED) is 0.128. The highest BCUT2D eigenvalue weighted by molar-refractivity contribution is 6.66. The number of halogens is 2. The van der Waals surface area contributed by atoms with Crippen molar-refractivity contribution in [1.82, 2.24) is 0 Å². The predicted octanol–water partition coefficient (Wildman–Crippen LogP) is 23.1. The molecule has 18 rings (SSSR count). The van der Waals surface area contributed by atoms with Gasteiger partial charge in [-0.25, -0.2) is 0 Å². The van der Waals surface area contributed by atoms with Gasteiger partial charge in [0.1, 0.15) is 33.5 Å². The van der Waals surface area contributed by atoms with Gasteiger partial charge in [0.2, 0.25) is 0 Å². The Hall–Kier alpha value is -12.0. The Kier molecular flexibility index (Phi) is 18.0. The van der Waals surface area contributed by atoms with E-state index < -0.39 is 25.4 Å². The summed E-state index contributed by atoms with van der Waals surface area (Å²) in [6.45, 7) is 8.26. The molecule has 9 nitrogen and oxygen atoms in total. The fourth-order valence-electron chi connectivity index (χ4n) is 14.2. The molecule has 2 N–H and O–H groups in total. The lowest BCUT2D eigenvalue weighted by atomic mass is 9.75. The van der Waals surface area contributed by atoms with Crippen molar-refractivity contribution < 1.29 is 32.6 Å². The summed E-state index contributed by atoms with van der Waals surface area (Å²) < 4.78 is 32.9. The van der Waals surface area contributed by atoms with Crippen LogP contribution in [0.4, 0.5) is 0 Å². The Labute approximate surface area is 617 Å². The molecule has 0 amide bonds. The molecule has 0 spiro atoms. The van der Waals surface area contributed by atoms with Crippen molar-refractivity contribution in [2.24, 2.45) is 0 Å². The van der Waals surface area contributed by atoms with E-state index in [-0.39, 0.29) is 0 Å². The average molecular weight is 1400 g/mol. The summed E-state index contributed by atoms with van der Waals surface area (Å²) >= 11 is 13.3. The van der Waals surface area contributed by atoms with Gasteiger partial charge in [-0.3, -0.25) is 0 Å². The van der Waals surface area contributed by atoms with Crippen LogP contribution in [0.25, 0.3) is 155 Å². The number of nitrogens with zero attached hydrogens (tertiary/aromatic N) is 2. The molecule has 105 heavy (non-hydrogen) atoms. The minimum atomic E-state index is -1.65. The summed E-state index contributed by atoms with van der Waals surface area (Å²) in [6.07, 6.45) is 0. The summed E-state index contributed by atoms with van der Waals surface area (Å²) in [7, 11) is -2.23. The third-order valence-electron chi connectivity index (χ3n) is 20.2. The molecule has 0 radical (unpaired) electrons. The lowest BCUT2D eigenvalue weighted by Crippen LogP contribution is -2.41. The standard InChI is InChI=1S/C37H30BNO3.C31H18ClNO.C24H16BClO3/c1-36(2)37(3,4)42-38(41-36)32-20-19-29(28-18-12-11-17-26(28)23-39)35-33(32)31-22-27(24-13-7-5-8-14-24)21-30(34(31)40-35)25-15-9-6-10-16-25;32-28-16-15-25(24-14-8-7-13-22(24)19-33)31-29(28)27-18-23(20-9-3-1-4-10-20)17-26(30(27)34-31)21-11-5-2-6-12-21;26-21-12-11-20(25(27)28)24-22(21)19-14-17(15-7-3-1-4-8-15)13-18(23(19)29-24)16-9-5-2-6-10-16/h5-22H,1-4H3;1-18H;1-14,27-28H. The third-order valence-corrected chi connectivity index (χ3v) is 20.8. The highest BCUT2D eigenvalue weighted by atomic mass is 35.5. The van der Waals surface area contributed by atoms with Crippen molar-refractivity contribution >= 4 is 114 Å². The first-order chi connectivity index (χ1) is 51.1. The smallest absolute Gasteiger partial charge is 0.456 e. The molecule has 17 aromatic rings. The SMILES string of the molecule is CC1(C)OB(c2ccc(-c3ccccc3C#N)c3oc4c(-c5ccccc5)cc(-c5ccccc5)cc4c23)OC1(C)C.N#Cc1ccccc1-c1ccc(Cl)c2c1oc1c(-c3ccccc3)cc(-c3ccccc3)cc12.OB(O)c1ccc(Cl)c2c1oc1c(-c3ccccc3)cc(-c3ccccc3)cc12. The third kappa shape index (κ3) is 12.5. The summed E-state index contributed by atoms with van der Waals surface area (Å²) in [5, 5.41) is 45.7. The van der Waals surface area contributed by atoms with Gasteiger partial charge in [0.15, 0.2) is 0 Å². The van der Waals surface area contributed by atoms with Gasteiger partial charge >= 0.3 is 14.2 Å². The molecule has 14 aromatic carbocycles. The monoisotopic (exact) mass is 1400 g/mol. The molecule has 0 atom stereocenters. The zero-order valence-electron chi connectivity index (χ0n) is 57.6. The van der Waals surface area contributed by atoms with Gasteiger partial charge in [-0.05, 0) is 150 Å². The van der Waals surface area contributed by atoms with Crippen LogP contribution in [0.5, 0.6) is 0 Å². The van der Waals surface area contributed by atoms with Gasteiger partial charge in [0, 0.05) is 76.7 Å². The number of rotatable bonds is 10. The number of fused-ring (bicyclic) bond motifs is 9. The lowest BCUT2D eigenvalue weighted by molar-refractivity contribution is 0.00578. The maximum atomic E-state index is 9.97. The van der Waals surface area contributed by atoms with E-state index >= 15 is 0 Å². The Morgan fingerprint density at radius 1 is 0.314 bits per heavy atom. The van der Waals surface area contributed by atoms with Crippen LogP contribution in [-0.2, 0) is 9.31 Å². The van der Waals surface area contributed by atoms with Gasteiger partial charge in [0.25, 0.3) is 0 Å². The van der Waals surface area contributed by atoms with Crippen LogP contribution in [0.2, 0.25) is 10.0 Å². The van der Waals surface area contributed by atoms with Gasteiger partial charge in [-0.15, -0.1) is 0 Å². The molecular weight excluding hydrogens is 1340 g/mol. The van der Waals surface area contributed by atoms with E-state index in [1.807, 2.05) is 182 Å². The molecule has 1 aliphatic rings. The van der Waals surface area contributed by atoms with E-state index in [0.717, 1.165) is 133 Å². The molecule has 0 saturated carbocycles. The average Bonchev–Trinajstić information content (AvgIpc) is 1.59. The van der Waals surface area contributed by atoms with E-state index in [0.29, 0.717) is 54.4 Å². The van der Waals surface area contributed by atoms with E-state index in [1.165, 1.54) is 0 Å². The molecule has 0 aliphatic carbocycles. The Morgan fingerprint density at radius 2 is 0.629 bits per heavy atom. The highest BCUT2D eigenvalue weighted by Gasteiger charge is 2.52. The van der Waals surface area contributed by atoms with E-state index in [1.54, 1.807) is 12.1 Å². The molecule has 1 fully saturated rings. The summed E-state index contributed by atoms with van der Waals surface area (Å²) in [5.41, 5.74) is 21.4. The van der Waals surface area contributed by atoms with Gasteiger partial charge in [-0.1, -0.05) is 260 Å². The fourth-order valence-corrected chi connectivity index (χ4v) is 14.7.